The fraction of sp³-hybridized carbons (Fsp3) is 0.769. The molecule has 4 heteroatoms. The van der Waals surface area contributed by atoms with Crippen LogP contribution in [0.1, 0.15) is 42.9 Å². The molecule has 1 saturated heterocycles. The first-order chi connectivity index (χ1) is 8.08. The highest BCUT2D eigenvalue weighted by molar-refractivity contribution is 5.28. The second kappa shape index (κ2) is 4.78. The van der Waals surface area contributed by atoms with Crippen molar-refractivity contribution in [2.45, 2.75) is 39.8 Å². The van der Waals surface area contributed by atoms with E-state index < -0.39 is 0 Å². The van der Waals surface area contributed by atoms with Crippen LogP contribution in [0.25, 0.3) is 0 Å². The Morgan fingerprint density at radius 3 is 2.59 bits per heavy atom. The second-order valence-electron chi connectivity index (χ2n) is 5.05. The van der Waals surface area contributed by atoms with Gasteiger partial charge in [0.15, 0.2) is 0 Å². The topological polar surface area (TPSA) is 33.1 Å². The maximum atomic E-state index is 4.72. The minimum absolute atomic E-state index is 0.381. The number of aromatic nitrogens is 2. The van der Waals surface area contributed by atoms with E-state index in [1.54, 1.807) is 0 Å². The van der Waals surface area contributed by atoms with Crippen LogP contribution >= 0.6 is 0 Å². The molecule has 1 aromatic rings. The number of hydrogen-bond donors (Lipinski definition) is 1. The minimum Gasteiger partial charge on any atom is -0.313 e. The molecule has 1 atom stereocenters. The van der Waals surface area contributed by atoms with Gasteiger partial charge in [-0.2, -0.15) is 5.10 Å². The normalized spacial score (nSPS) is 19.4. The quantitative estimate of drug-likeness (QED) is 0.863. The van der Waals surface area contributed by atoms with Crippen LogP contribution in [0.15, 0.2) is 0 Å². The molecule has 0 amide bonds. The number of nitrogens with zero attached hydrogens (tertiary/aromatic N) is 3. The average molecular weight is 236 g/mol. The van der Waals surface area contributed by atoms with E-state index in [9.17, 15) is 0 Å². The highest BCUT2D eigenvalue weighted by Crippen LogP contribution is 2.27. The molecule has 17 heavy (non-hydrogen) atoms. The van der Waals surface area contributed by atoms with E-state index in [0.717, 1.165) is 19.6 Å². The lowest BCUT2D eigenvalue weighted by Gasteiger charge is -2.39. The summed E-state index contributed by atoms with van der Waals surface area (Å²) in [6, 6.07) is 0.956. The first kappa shape index (κ1) is 12.6. The van der Waals surface area contributed by atoms with E-state index >= 15 is 0 Å². The van der Waals surface area contributed by atoms with Gasteiger partial charge in [-0.3, -0.25) is 9.58 Å². The molecule has 96 valence electrons. The maximum Gasteiger partial charge on any atom is 0.0776 e. The first-order valence-corrected chi connectivity index (χ1v) is 6.53. The van der Waals surface area contributed by atoms with Crippen LogP contribution < -0.4 is 5.32 Å². The smallest absolute Gasteiger partial charge is 0.0776 e. The van der Waals surface area contributed by atoms with E-state index in [4.69, 9.17) is 5.10 Å². The van der Waals surface area contributed by atoms with Gasteiger partial charge in [-0.1, -0.05) is 6.92 Å². The molecule has 1 N–H and O–H groups in total. The predicted molar refractivity (Wildman–Crippen MR) is 70.3 cm³/mol. The summed E-state index contributed by atoms with van der Waals surface area (Å²) in [4.78, 5) is 2.45. The number of rotatable bonds is 4. The zero-order valence-corrected chi connectivity index (χ0v) is 11.6. The Kier molecular flexibility index (Phi) is 3.54. The van der Waals surface area contributed by atoms with Gasteiger partial charge in [-0.25, -0.2) is 0 Å². The Labute approximate surface area is 104 Å². The van der Waals surface area contributed by atoms with Gasteiger partial charge >= 0.3 is 0 Å². The van der Waals surface area contributed by atoms with Gasteiger partial charge in [0.25, 0.3) is 0 Å². The third kappa shape index (κ3) is 2.11. The summed E-state index contributed by atoms with van der Waals surface area (Å²) in [6.45, 7) is 12.2. The first-order valence-electron chi connectivity index (χ1n) is 6.53. The summed E-state index contributed by atoms with van der Waals surface area (Å²) < 4.78 is 2.23. The van der Waals surface area contributed by atoms with Crippen LogP contribution in [-0.2, 0) is 0 Å². The van der Waals surface area contributed by atoms with Gasteiger partial charge in [0.1, 0.15) is 0 Å². The van der Waals surface area contributed by atoms with E-state index in [1.807, 2.05) is 7.05 Å². The number of likely N-dealkylation sites (N-methyl/N-ethyl adjacent to an activating group) is 1. The Morgan fingerprint density at radius 1 is 1.41 bits per heavy atom. The molecule has 0 bridgehead atoms. The van der Waals surface area contributed by atoms with Crippen molar-refractivity contribution >= 4 is 0 Å². The number of hydrogen-bond acceptors (Lipinski definition) is 3. The molecule has 1 aliphatic rings. The fourth-order valence-electron chi connectivity index (χ4n) is 2.76. The van der Waals surface area contributed by atoms with Gasteiger partial charge in [0.05, 0.1) is 11.7 Å². The molecule has 1 fully saturated rings. The van der Waals surface area contributed by atoms with Gasteiger partial charge in [-0.15, -0.1) is 0 Å². The third-order valence-corrected chi connectivity index (χ3v) is 3.98. The lowest BCUT2D eigenvalue weighted by atomic mass is 10.1. The largest absolute Gasteiger partial charge is 0.313 e. The predicted octanol–water partition coefficient (Wildman–Crippen LogP) is 1.66. The Hall–Kier alpha value is -0.870. The molecule has 0 radical (unpaired) electrons. The second-order valence-corrected chi connectivity index (χ2v) is 5.05. The molecule has 1 aliphatic heterocycles. The molecule has 0 aliphatic carbocycles. The van der Waals surface area contributed by atoms with Crippen LogP contribution in [0.2, 0.25) is 0 Å². The fourth-order valence-corrected chi connectivity index (χ4v) is 2.76. The maximum absolute atomic E-state index is 4.72. The summed E-state index contributed by atoms with van der Waals surface area (Å²) in [5.41, 5.74) is 3.85. The van der Waals surface area contributed by atoms with Gasteiger partial charge in [-0.05, 0) is 34.4 Å². The average Bonchev–Trinajstić information content (AvgIpc) is 2.53. The minimum atomic E-state index is 0.381. The van der Waals surface area contributed by atoms with Crippen molar-refractivity contribution in [3.63, 3.8) is 0 Å². The standard InChI is InChI=1S/C13H24N4/c1-6-16-7-12(8-16)17-11(4)13(9(2)14-5)10(3)15-17/h9,12,14H,6-8H2,1-5H3. The van der Waals surface area contributed by atoms with Crippen molar-refractivity contribution in [3.05, 3.63) is 17.0 Å². The summed E-state index contributed by atoms with van der Waals surface area (Å²) in [7, 11) is 2.00. The highest BCUT2D eigenvalue weighted by Gasteiger charge is 2.30. The molecular formula is C13H24N4. The molecule has 2 heterocycles. The van der Waals surface area contributed by atoms with E-state index in [0.29, 0.717) is 12.1 Å². The molecule has 1 aromatic heterocycles. The van der Waals surface area contributed by atoms with Crippen molar-refractivity contribution in [3.8, 4) is 0 Å². The van der Waals surface area contributed by atoms with E-state index in [1.165, 1.54) is 17.0 Å². The van der Waals surface area contributed by atoms with Crippen molar-refractivity contribution in [1.82, 2.24) is 20.0 Å². The van der Waals surface area contributed by atoms with E-state index in [2.05, 4.69) is 42.6 Å². The van der Waals surface area contributed by atoms with Crippen LogP contribution in [0, 0.1) is 13.8 Å². The Morgan fingerprint density at radius 2 is 2.06 bits per heavy atom. The molecular weight excluding hydrogens is 212 g/mol. The third-order valence-electron chi connectivity index (χ3n) is 3.98. The Balaban J connectivity index is 2.20. The lowest BCUT2D eigenvalue weighted by molar-refractivity contribution is 0.104. The molecule has 1 unspecified atom stereocenters. The number of likely N-dealkylation sites (tertiary alicyclic amines) is 1. The van der Waals surface area contributed by atoms with Gasteiger partial charge in [0.2, 0.25) is 0 Å². The Bertz CT molecular complexity index is 390. The van der Waals surface area contributed by atoms with Gasteiger partial charge < -0.3 is 5.32 Å². The zero-order chi connectivity index (χ0) is 12.6. The van der Waals surface area contributed by atoms with Crippen molar-refractivity contribution < 1.29 is 0 Å². The van der Waals surface area contributed by atoms with Crippen molar-refractivity contribution in [1.29, 1.82) is 0 Å². The summed E-state index contributed by atoms with van der Waals surface area (Å²) in [5, 5.41) is 8.03. The number of nitrogens with one attached hydrogen (secondary N) is 1. The molecule has 2 rings (SSSR count). The van der Waals surface area contributed by atoms with Crippen molar-refractivity contribution in [2.24, 2.45) is 0 Å². The highest BCUT2D eigenvalue weighted by atomic mass is 15.4. The summed E-state index contributed by atoms with van der Waals surface area (Å²) in [5.74, 6) is 0. The monoisotopic (exact) mass is 236 g/mol. The summed E-state index contributed by atoms with van der Waals surface area (Å²) >= 11 is 0. The van der Waals surface area contributed by atoms with E-state index in [-0.39, 0.29) is 0 Å². The molecule has 0 saturated carbocycles. The van der Waals surface area contributed by atoms with Crippen molar-refractivity contribution in [2.75, 3.05) is 26.7 Å². The summed E-state index contributed by atoms with van der Waals surface area (Å²) in [6.07, 6.45) is 0. The lowest BCUT2D eigenvalue weighted by Crippen LogP contribution is -2.47. The van der Waals surface area contributed by atoms with Crippen LogP contribution in [-0.4, -0.2) is 41.4 Å². The zero-order valence-electron chi connectivity index (χ0n) is 11.6. The van der Waals surface area contributed by atoms with Crippen LogP contribution in [0.3, 0.4) is 0 Å². The van der Waals surface area contributed by atoms with Gasteiger partial charge in [0, 0.05) is 30.4 Å². The molecule has 0 aromatic carbocycles. The molecule has 4 nitrogen and oxygen atoms in total. The molecule has 0 spiro atoms. The number of aryl methyl sites for hydroxylation is 1. The SMILES string of the molecule is CCN1CC(n2nc(C)c(C(C)NC)c2C)C1. The van der Waals surface area contributed by atoms with Crippen LogP contribution in [0.5, 0.6) is 0 Å². The van der Waals surface area contributed by atoms with Crippen LogP contribution in [0.4, 0.5) is 0 Å².